The average Bonchev–Trinajstić information content (AvgIpc) is 2.69. The molecule has 0 fully saturated rings. The van der Waals surface area contributed by atoms with Gasteiger partial charge in [0.2, 0.25) is 0 Å². The van der Waals surface area contributed by atoms with Gasteiger partial charge in [0.25, 0.3) is 0 Å². The van der Waals surface area contributed by atoms with Gasteiger partial charge in [-0.2, -0.15) is 0 Å². The van der Waals surface area contributed by atoms with Gasteiger partial charge >= 0.3 is 5.97 Å². The molecule has 0 aliphatic carbocycles. The number of methoxy groups -OCH3 is 1. The molecule has 2 aromatic rings. The maximum absolute atomic E-state index is 9.59. The van der Waals surface area contributed by atoms with Gasteiger partial charge in [-0.05, 0) is 6.92 Å². The third-order valence-corrected chi connectivity index (χ3v) is 1.62. The molecule has 0 heterocycles. The molecule has 1 N–H and O–H groups in total. The first-order valence-electron chi connectivity index (χ1n) is 8.34. The summed E-state index contributed by atoms with van der Waals surface area (Å²) in [6.45, 7) is 11.3. The molecule has 0 aliphatic heterocycles. The van der Waals surface area contributed by atoms with Crippen molar-refractivity contribution in [1.29, 1.82) is 0 Å². The number of aliphatic hydroxyl groups excluding tert-OH is 1. The Morgan fingerprint density at radius 1 is 0.708 bits per heavy atom. The molecule has 3 nitrogen and oxygen atoms in total. The molecule has 0 bridgehead atoms. The summed E-state index contributed by atoms with van der Waals surface area (Å²) in [6, 6.07) is 24.0. The molecule has 0 amide bonds. The van der Waals surface area contributed by atoms with Crippen LogP contribution in [-0.4, -0.2) is 24.8 Å². The number of carbonyl (C=O) groups is 1. The third-order valence-electron chi connectivity index (χ3n) is 1.62. The van der Waals surface area contributed by atoms with E-state index in [0.29, 0.717) is 0 Å². The lowest BCUT2D eigenvalue weighted by atomic mass is 10.4. The zero-order valence-electron chi connectivity index (χ0n) is 16.4. The Hall–Kier alpha value is -2.13. The van der Waals surface area contributed by atoms with E-state index in [4.69, 9.17) is 5.11 Å². The van der Waals surface area contributed by atoms with Crippen LogP contribution in [-0.2, 0) is 9.53 Å². The van der Waals surface area contributed by atoms with Crippen molar-refractivity contribution < 1.29 is 14.6 Å². The summed E-state index contributed by atoms with van der Waals surface area (Å²) >= 11 is 0. The van der Waals surface area contributed by atoms with Gasteiger partial charge in [0.05, 0.1) is 7.11 Å². The fourth-order valence-corrected chi connectivity index (χ4v) is 0.770. The third kappa shape index (κ3) is 50.2. The Bertz CT molecular complexity index is 290. The van der Waals surface area contributed by atoms with E-state index in [1.165, 1.54) is 14.0 Å². The monoisotopic (exact) mass is 336 g/mol. The Morgan fingerprint density at radius 2 is 0.792 bits per heavy atom. The van der Waals surface area contributed by atoms with Crippen LogP contribution in [0.15, 0.2) is 72.8 Å². The highest BCUT2D eigenvalue weighted by Crippen LogP contribution is 1.80. The molecule has 0 radical (unpaired) electrons. The summed E-state index contributed by atoms with van der Waals surface area (Å²) in [5.74, 6) is -0.245. The Labute approximate surface area is 149 Å². The van der Waals surface area contributed by atoms with E-state index in [1.807, 2.05) is 100 Å². The summed E-state index contributed by atoms with van der Waals surface area (Å²) in [6.07, 6.45) is 0. The first-order chi connectivity index (χ1) is 11.7. The van der Waals surface area contributed by atoms with Crippen LogP contribution in [0, 0.1) is 0 Å². The lowest BCUT2D eigenvalue weighted by molar-refractivity contribution is -0.137. The number of benzene rings is 2. The van der Waals surface area contributed by atoms with Crippen LogP contribution < -0.4 is 0 Å². The minimum Gasteiger partial charge on any atom is -0.469 e. The zero-order chi connectivity index (χ0) is 19.5. The summed E-state index contributed by atoms with van der Waals surface area (Å²) < 4.78 is 4.11. The minimum atomic E-state index is -0.245. The predicted molar refractivity (Wildman–Crippen MR) is 106 cm³/mol. The smallest absolute Gasteiger partial charge is 0.302 e. The van der Waals surface area contributed by atoms with Crippen LogP contribution >= 0.6 is 0 Å². The number of carbonyl (C=O) groups excluding carboxylic acids is 1. The van der Waals surface area contributed by atoms with Gasteiger partial charge in [-0.25, -0.2) is 0 Å². The quantitative estimate of drug-likeness (QED) is 0.637. The van der Waals surface area contributed by atoms with Crippen LogP contribution in [0.25, 0.3) is 0 Å². The zero-order valence-corrected chi connectivity index (χ0v) is 16.4. The van der Waals surface area contributed by atoms with Crippen molar-refractivity contribution in [1.82, 2.24) is 0 Å². The van der Waals surface area contributed by atoms with Gasteiger partial charge in [0.15, 0.2) is 0 Å². The van der Waals surface area contributed by atoms with Gasteiger partial charge in [0, 0.05) is 13.5 Å². The number of hydrogen-bond donors (Lipinski definition) is 1. The van der Waals surface area contributed by atoms with E-state index in [9.17, 15) is 4.79 Å². The predicted octanol–water partition coefficient (Wildman–Crippen LogP) is 5.60. The largest absolute Gasteiger partial charge is 0.469 e. The highest BCUT2D eigenvalue weighted by atomic mass is 16.5. The summed E-state index contributed by atoms with van der Waals surface area (Å²) in [7, 11) is 1.35. The van der Waals surface area contributed by atoms with E-state index >= 15 is 0 Å². The second-order valence-corrected chi connectivity index (χ2v) is 3.32. The molecule has 2 aromatic carbocycles. The molecule has 0 aromatic heterocycles. The van der Waals surface area contributed by atoms with Crippen molar-refractivity contribution in [3.63, 3.8) is 0 Å². The Morgan fingerprint density at radius 3 is 0.833 bits per heavy atom. The summed E-state index contributed by atoms with van der Waals surface area (Å²) in [5, 5.41) is 7.57. The molecule has 0 atom stereocenters. The number of rotatable bonds is 0. The number of esters is 1. The minimum absolute atomic E-state index is 0.245. The molecule has 3 heteroatoms. The second kappa shape index (κ2) is 37.3. The number of aliphatic hydroxyl groups is 1. The average molecular weight is 337 g/mol. The molecule has 0 spiro atoms. The topological polar surface area (TPSA) is 46.5 Å². The van der Waals surface area contributed by atoms with Crippen molar-refractivity contribution in [3.8, 4) is 0 Å². The highest BCUT2D eigenvalue weighted by Gasteiger charge is 1.75. The first-order valence-corrected chi connectivity index (χ1v) is 8.34. The number of hydrogen-bond acceptors (Lipinski definition) is 3. The van der Waals surface area contributed by atoms with Crippen LogP contribution in [0.2, 0.25) is 0 Å². The molecule has 0 saturated heterocycles. The van der Waals surface area contributed by atoms with Crippen LogP contribution in [0.5, 0.6) is 0 Å². The Balaban J connectivity index is -0.000000106. The van der Waals surface area contributed by atoms with Crippen LogP contribution in [0.1, 0.15) is 41.5 Å². The Kier molecular flexibility index (Phi) is 46.3. The molecule has 0 aliphatic rings. The molecule has 138 valence electrons. The van der Waals surface area contributed by atoms with Crippen LogP contribution in [0.3, 0.4) is 0 Å². The van der Waals surface area contributed by atoms with Gasteiger partial charge in [0.1, 0.15) is 0 Å². The molecule has 24 heavy (non-hydrogen) atoms. The van der Waals surface area contributed by atoms with E-state index in [2.05, 4.69) is 4.74 Å². The maximum Gasteiger partial charge on any atom is 0.302 e. The second-order valence-electron chi connectivity index (χ2n) is 3.32. The van der Waals surface area contributed by atoms with Gasteiger partial charge < -0.3 is 9.84 Å². The van der Waals surface area contributed by atoms with E-state index < -0.39 is 0 Å². The van der Waals surface area contributed by atoms with Crippen molar-refractivity contribution in [2.45, 2.75) is 41.5 Å². The fraction of sp³-hybridized carbons (Fsp3) is 0.381. The van der Waals surface area contributed by atoms with E-state index in [-0.39, 0.29) is 12.6 Å². The van der Waals surface area contributed by atoms with Crippen LogP contribution in [0.4, 0.5) is 0 Å². The lowest BCUT2D eigenvalue weighted by Gasteiger charge is -1.80. The van der Waals surface area contributed by atoms with E-state index in [1.54, 1.807) is 6.92 Å². The molecular formula is C21H36O3. The normalized spacial score (nSPS) is 6.67. The summed E-state index contributed by atoms with van der Waals surface area (Å²) in [5.41, 5.74) is 0. The molecule has 0 unspecified atom stereocenters. The molecular weight excluding hydrogens is 300 g/mol. The standard InChI is InChI=1S/2C6H6.C3H6O2.C2H6O.2C2H6/c2*1-2-4-6-5-3-1;1-3(4)5-2;1-2-3;2*1-2/h2*1-6H;1-2H3;3H,2H2,1H3;2*1-2H3. The van der Waals surface area contributed by atoms with Gasteiger partial charge in [-0.15, -0.1) is 0 Å². The highest BCUT2D eigenvalue weighted by molar-refractivity contribution is 5.65. The van der Waals surface area contributed by atoms with E-state index in [0.717, 1.165) is 0 Å². The SMILES string of the molecule is CC.CC.CCO.COC(C)=O.c1ccccc1.c1ccccc1. The summed E-state index contributed by atoms with van der Waals surface area (Å²) in [4.78, 5) is 9.59. The van der Waals surface area contributed by atoms with Gasteiger partial charge in [-0.3, -0.25) is 4.79 Å². The maximum atomic E-state index is 9.59. The van der Waals surface area contributed by atoms with Crippen molar-refractivity contribution in [3.05, 3.63) is 72.8 Å². The first kappa shape index (κ1) is 29.8. The van der Waals surface area contributed by atoms with Crippen molar-refractivity contribution >= 4 is 5.97 Å². The van der Waals surface area contributed by atoms with Gasteiger partial charge in [-0.1, -0.05) is 100 Å². The van der Waals surface area contributed by atoms with Crippen molar-refractivity contribution in [2.75, 3.05) is 13.7 Å². The fourth-order valence-electron chi connectivity index (χ4n) is 0.770. The lowest BCUT2D eigenvalue weighted by Crippen LogP contribution is -1.88. The molecule has 0 saturated carbocycles. The number of ether oxygens (including phenoxy) is 1. The molecule has 2 rings (SSSR count). The van der Waals surface area contributed by atoms with Crippen molar-refractivity contribution in [2.24, 2.45) is 0 Å².